The summed E-state index contributed by atoms with van der Waals surface area (Å²) in [6, 6.07) is -0.131. The molecule has 54 heavy (non-hydrogen) atoms. The number of carbonyl (C=O) groups excluding carboxylic acids is 7. The van der Waals surface area contributed by atoms with Gasteiger partial charge in [0.2, 0.25) is 35.4 Å². The molecule has 0 aromatic heterocycles. The van der Waals surface area contributed by atoms with Crippen LogP contribution in [0, 0.1) is 5.82 Å². The van der Waals surface area contributed by atoms with Crippen molar-refractivity contribution in [1.82, 2.24) is 30.7 Å². The maximum atomic E-state index is 14.6. The first kappa shape index (κ1) is 40.4. The number of hydrogen-bond donors (Lipinski definition) is 3. The van der Waals surface area contributed by atoms with Crippen LogP contribution in [0.15, 0.2) is 36.4 Å². The van der Waals surface area contributed by atoms with Gasteiger partial charge in [-0.15, -0.1) is 0 Å². The van der Waals surface area contributed by atoms with E-state index >= 15 is 0 Å². The SMILES string of the molecule is CCCC/C=C/C(=O)N[C@@H](Cc1cccc(F)c1)C(=O)N[C@@H]1C(=O)N2CCC[C@H]2C(=O)N(C)C2(CCC2)C(=O)N[C@@H](C)C(=O)N2CCC[C@H]2C(=O)O[C@H]1C. The van der Waals surface area contributed by atoms with Crippen LogP contribution in [0.3, 0.4) is 0 Å². The van der Waals surface area contributed by atoms with Crippen LogP contribution in [0.2, 0.25) is 0 Å². The maximum Gasteiger partial charge on any atom is 0.329 e. The number of likely N-dealkylation sites (N-methyl/N-ethyl adjacent to an activating group) is 1. The number of fused-ring (bicyclic) bond motifs is 2. The Morgan fingerprint density at radius 3 is 2.33 bits per heavy atom. The van der Waals surface area contributed by atoms with E-state index in [0.29, 0.717) is 56.9 Å². The first-order valence-corrected chi connectivity index (χ1v) is 19.2. The molecule has 0 bridgehead atoms. The first-order valence-electron chi connectivity index (χ1n) is 19.2. The Kier molecular flexibility index (Phi) is 13.1. The second-order valence-electron chi connectivity index (χ2n) is 14.9. The number of ether oxygens (including phenoxy) is 1. The zero-order valence-electron chi connectivity index (χ0n) is 31.6. The van der Waals surface area contributed by atoms with E-state index in [0.717, 1.165) is 12.8 Å². The van der Waals surface area contributed by atoms with Crippen molar-refractivity contribution in [3.63, 3.8) is 0 Å². The first-order chi connectivity index (χ1) is 25.8. The minimum absolute atomic E-state index is 0.121. The summed E-state index contributed by atoms with van der Waals surface area (Å²) in [6.07, 6.45) is 7.09. The van der Waals surface area contributed by atoms with Crippen molar-refractivity contribution in [2.24, 2.45) is 0 Å². The molecule has 3 saturated heterocycles. The second-order valence-corrected chi connectivity index (χ2v) is 14.9. The smallest absolute Gasteiger partial charge is 0.329 e. The number of esters is 1. The lowest BCUT2D eigenvalue weighted by atomic mass is 9.74. The number of nitrogens with one attached hydrogen (secondary N) is 3. The number of halogens is 1. The summed E-state index contributed by atoms with van der Waals surface area (Å²) in [5.74, 6) is -4.76. The van der Waals surface area contributed by atoms with Crippen molar-refractivity contribution in [3.05, 3.63) is 47.8 Å². The second kappa shape index (κ2) is 17.5. The molecule has 5 rings (SSSR count). The zero-order valence-corrected chi connectivity index (χ0v) is 31.6. The molecule has 3 aliphatic heterocycles. The summed E-state index contributed by atoms with van der Waals surface area (Å²) in [6.45, 7) is 5.44. The van der Waals surface area contributed by atoms with E-state index in [9.17, 15) is 38.0 Å². The van der Waals surface area contributed by atoms with E-state index in [1.807, 2.05) is 6.92 Å². The lowest BCUT2D eigenvalue weighted by molar-refractivity contribution is -0.164. The Morgan fingerprint density at radius 1 is 1.00 bits per heavy atom. The number of cyclic esters (lactones) is 1. The molecular weight excluding hydrogens is 699 g/mol. The van der Waals surface area contributed by atoms with Crippen LogP contribution < -0.4 is 16.0 Å². The summed E-state index contributed by atoms with van der Waals surface area (Å²) in [5, 5.41) is 8.17. The number of carbonyl (C=O) groups is 7. The molecule has 6 atom stereocenters. The van der Waals surface area contributed by atoms with Crippen LogP contribution in [0.1, 0.15) is 90.5 Å². The number of amides is 6. The van der Waals surface area contributed by atoms with Crippen molar-refractivity contribution < 1.29 is 42.7 Å². The highest BCUT2D eigenvalue weighted by Gasteiger charge is 2.53. The molecule has 1 aliphatic carbocycles. The highest BCUT2D eigenvalue weighted by atomic mass is 19.1. The van der Waals surface area contributed by atoms with Gasteiger partial charge in [-0.25, -0.2) is 9.18 Å². The van der Waals surface area contributed by atoms with Gasteiger partial charge in [-0.05, 0) is 89.0 Å². The molecule has 0 radical (unpaired) electrons. The summed E-state index contributed by atoms with van der Waals surface area (Å²) in [7, 11) is 1.54. The van der Waals surface area contributed by atoms with E-state index < -0.39 is 89.1 Å². The minimum Gasteiger partial charge on any atom is -0.458 e. The Bertz CT molecular complexity index is 1650. The van der Waals surface area contributed by atoms with Gasteiger partial charge in [0.1, 0.15) is 47.7 Å². The Labute approximate surface area is 315 Å². The predicted molar refractivity (Wildman–Crippen MR) is 195 cm³/mol. The Hall–Kier alpha value is -4.82. The highest BCUT2D eigenvalue weighted by molar-refractivity contribution is 6.00. The van der Waals surface area contributed by atoms with Crippen LogP contribution in [0.5, 0.6) is 0 Å². The largest absolute Gasteiger partial charge is 0.458 e. The third kappa shape index (κ3) is 8.76. The number of hydrogen-bond acceptors (Lipinski definition) is 8. The molecule has 3 heterocycles. The summed E-state index contributed by atoms with van der Waals surface area (Å²) in [5.41, 5.74) is -0.797. The molecule has 6 amide bonds. The fourth-order valence-electron chi connectivity index (χ4n) is 7.85. The predicted octanol–water partition coefficient (Wildman–Crippen LogP) is 1.90. The van der Waals surface area contributed by atoms with Gasteiger partial charge in [-0.3, -0.25) is 28.8 Å². The molecule has 0 unspecified atom stereocenters. The van der Waals surface area contributed by atoms with E-state index in [2.05, 4.69) is 16.0 Å². The molecule has 3 N–H and O–H groups in total. The number of unbranched alkanes of at least 4 members (excludes halogenated alkanes) is 2. The van der Waals surface area contributed by atoms with Crippen molar-refractivity contribution in [1.29, 1.82) is 0 Å². The Balaban J connectivity index is 1.48. The van der Waals surface area contributed by atoms with Gasteiger partial charge in [0.05, 0.1) is 0 Å². The van der Waals surface area contributed by atoms with Crippen molar-refractivity contribution >= 4 is 41.4 Å². The number of rotatable bonds is 9. The van der Waals surface area contributed by atoms with Crippen LogP contribution in [0.25, 0.3) is 0 Å². The fraction of sp³-hybridized carbons (Fsp3) is 0.615. The van der Waals surface area contributed by atoms with Crippen LogP contribution in [0.4, 0.5) is 4.39 Å². The molecular formula is C39H53FN6O8. The lowest BCUT2D eigenvalue weighted by Crippen LogP contribution is -2.68. The van der Waals surface area contributed by atoms with Gasteiger partial charge >= 0.3 is 5.97 Å². The van der Waals surface area contributed by atoms with Crippen molar-refractivity contribution in [3.8, 4) is 0 Å². The highest BCUT2D eigenvalue weighted by Crippen LogP contribution is 2.39. The van der Waals surface area contributed by atoms with Crippen LogP contribution >= 0.6 is 0 Å². The van der Waals surface area contributed by atoms with Crippen LogP contribution in [-0.2, 0) is 44.7 Å². The summed E-state index contributed by atoms with van der Waals surface area (Å²) >= 11 is 0. The molecule has 1 saturated carbocycles. The molecule has 1 aromatic carbocycles. The number of benzene rings is 1. The lowest BCUT2D eigenvalue weighted by Gasteiger charge is -2.48. The van der Waals surface area contributed by atoms with E-state index in [1.165, 1.54) is 52.9 Å². The Morgan fingerprint density at radius 2 is 1.69 bits per heavy atom. The summed E-state index contributed by atoms with van der Waals surface area (Å²) in [4.78, 5) is 101. The van der Waals surface area contributed by atoms with E-state index in [4.69, 9.17) is 4.74 Å². The fourth-order valence-corrected chi connectivity index (χ4v) is 7.85. The number of allylic oxidation sites excluding steroid dienone is 1. The summed E-state index contributed by atoms with van der Waals surface area (Å²) < 4.78 is 20.0. The van der Waals surface area contributed by atoms with Crippen molar-refractivity contribution in [2.45, 2.75) is 133 Å². The average Bonchev–Trinajstić information content (AvgIpc) is 3.81. The molecule has 15 heteroatoms. The van der Waals surface area contributed by atoms with Crippen LogP contribution in [-0.4, -0.2) is 118 Å². The van der Waals surface area contributed by atoms with Gasteiger partial charge in [0.25, 0.3) is 0 Å². The van der Waals surface area contributed by atoms with Gasteiger partial charge in [-0.1, -0.05) is 38.0 Å². The van der Waals surface area contributed by atoms with Gasteiger partial charge in [0, 0.05) is 26.6 Å². The standard InChI is InChI=1S/C39H53FN6O8/c1-5-6-7-8-17-31(47)42-28(23-26-13-9-14-27(40)22-26)33(48)43-32-25(3)54-37(52)30-16-11-21-46(30)34(49)24(2)41-38(53)39(18-12-19-39)44(4)35(50)29-15-10-20-45(29)36(32)51/h8-9,13-14,17,22,24-25,28-30,32H,5-7,10-12,15-16,18-21,23H2,1-4H3,(H,41,53)(H,42,47)(H,43,48)/b17-8+/t24-,25-,28-,29-,30-,32-/m0/s1. The molecule has 1 aromatic rings. The number of nitrogens with zero attached hydrogens (tertiary/aromatic N) is 3. The quantitative estimate of drug-likeness (QED) is 0.195. The minimum atomic E-state index is -1.51. The van der Waals surface area contributed by atoms with Gasteiger partial charge in [0.15, 0.2) is 0 Å². The van der Waals surface area contributed by atoms with E-state index in [-0.39, 0.29) is 19.5 Å². The maximum absolute atomic E-state index is 14.6. The molecule has 4 aliphatic rings. The zero-order chi connectivity index (χ0) is 39.2. The molecule has 1 spiro atoms. The molecule has 4 fully saturated rings. The monoisotopic (exact) mass is 752 g/mol. The van der Waals surface area contributed by atoms with E-state index in [1.54, 1.807) is 19.1 Å². The van der Waals surface area contributed by atoms with Crippen molar-refractivity contribution in [2.75, 3.05) is 20.1 Å². The normalized spacial score (nSPS) is 26.9. The van der Waals surface area contributed by atoms with Gasteiger partial charge < -0.3 is 35.4 Å². The van der Waals surface area contributed by atoms with Gasteiger partial charge in [-0.2, -0.15) is 0 Å². The average molecular weight is 753 g/mol. The topological polar surface area (TPSA) is 175 Å². The molecule has 294 valence electrons. The third-order valence-corrected chi connectivity index (χ3v) is 11.2. The third-order valence-electron chi connectivity index (χ3n) is 11.2. The molecule has 14 nitrogen and oxygen atoms in total.